The Morgan fingerprint density at radius 1 is 1.25 bits per heavy atom. The molecule has 20 heavy (non-hydrogen) atoms. The maximum Gasteiger partial charge on any atom is 0.246 e. The van der Waals surface area contributed by atoms with Crippen LogP contribution in [0.4, 0.5) is 0 Å². The third kappa shape index (κ3) is 4.63. The van der Waals surface area contributed by atoms with Gasteiger partial charge in [0.25, 0.3) is 0 Å². The summed E-state index contributed by atoms with van der Waals surface area (Å²) in [6.07, 6.45) is 5.80. The summed E-state index contributed by atoms with van der Waals surface area (Å²) >= 11 is 0. The van der Waals surface area contributed by atoms with Crippen LogP contribution in [0.25, 0.3) is 5.69 Å². The Labute approximate surface area is 124 Å². The lowest BCUT2D eigenvalue weighted by atomic mass is 10.2. The van der Waals surface area contributed by atoms with Gasteiger partial charge in [0.1, 0.15) is 0 Å². The van der Waals surface area contributed by atoms with E-state index in [0.29, 0.717) is 11.8 Å². The third-order valence-corrected chi connectivity index (χ3v) is 2.72. The predicted molar refractivity (Wildman–Crippen MR) is 80.9 cm³/mol. The molecule has 0 unspecified atom stereocenters. The molecular formula is C15H18ClN3O. The van der Waals surface area contributed by atoms with Gasteiger partial charge in [0, 0.05) is 12.6 Å². The van der Waals surface area contributed by atoms with Crippen molar-refractivity contribution in [1.29, 1.82) is 0 Å². The molecule has 1 aromatic carbocycles. The highest BCUT2D eigenvalue weighted by atomic mass is 35.5. The van der Waals surface area contributed by atoms with Gasteiger partial charge in [-0.3, -0.25) is 4.79 Å². The molecule has 0 saturated heterocycles. The zero-order chi connectivity index (χ0) is 13.5. The number of halogens is 1. The summed E-state index contributed by atoms with van der Waals surface area (Å²) in [5, 5.41) is 4.86. The van der Waals surface area contributed by atoms with Gasteiger partial charge in [-0.15, -0.1) is 12.4 Å². The van der Waals surface area contributed by atoms with Crippen LogP contribution < -0.4 is 5.36 Å². The zero-order valence-corrected chi connectivity index (χ0v) is 12.2. The van der Waals surface area contributed by atoms with E-state index in [1.807, 2.05) is 30.3 Å². The number of unbranched alkanes of at least 4 members (excludes halogenated alkanes) is 1. The smallest absolute Gasteiger partial charge is 0.246 e. The summed E-state index contributed by atoms with van der Waals surface area (Å²) < 4.78 is 1.75. The van der Waals surface area contributed by atoms with Crippen molar-refractivity contribution in [2.24, 2.45) is 4.99 Å². The highest BCUT2D eigenvalue weighted by Gasteiger charge is 1.97. The molecule has 0 bridgehead atoms. The normalized spacial score (nSPS) is 10.9. The second-order valence-corrected chi connectivity index (χ2v) is 4.27. The SMILES string of the molecule is CCCCC(=O)/N=c1\ccn(-c2ccccc2)nc1.Cl. The Morgan fingerprint density at radius 3 is 2.60 bits per heavy atom. The summed E-state index contributed by atoms with van der Waals surface area (Å²) in [6.45, 7) is 2.06. The molecule has 2 aromatic rings. The van der Waals surface area contributed by atoms with Crippen LogP contribution in [0.15, 0.2) is 53.8 Å². The first kappa shape index (κ1) is 16.1. The van der Waals surface area contributed by atoms with Crippen molar-refractivity contribution in [3.63, 3.8) is 0 Å². The Balaban J connectivity index is 0.00000200. The van der Waals surface area contributed by atoms with Crippen LogP contribution in [0.5, 0.6) is 0 Å². The number of hydrogen-bond acceptors (Lipinski definition) is 2. The van der Waals surface area contributed by atoms with Crippen molar-refractivity contribution in [2.75, 3.05) is 0 Å². The average Bonchev–Trinajstić information content (AvgIpc) is 2.47. The topological polar surface area (TPSA) is 47.2 Å². The molecule has 0 fully saturated rings. The Morgan fingerprint density at radius 2 is 2.00 bits per heavy atom. The molecule has 4 nitrogen and oxygen atoms in total. The number of rotatable bonds is 4. The van der Waals surface area contributed by atoms with Crippen molar-refractivity contribution in [1.82, 2.24) is 9.78 Å². The first-order chi connectivity index (χ1) is 9.29. The third-order valence-electron chi connectivity index (χ3n) is 2.72. The number of carbonyl (C=O) groups excluding carboxylic acids is 1. The molecule has 0 radical (unpaired) electrons. The summed E-state index contributed by atoms with van der Waals surface area (Å²) in [7, 11) is 0. The first-order valence-electron chi connectivity index (χ1n) is 6.47. The predicted octanol–water partition coefficient (Wildman–Crippen LogP) is 2.91. The Kier molecular flexibility index (Phi) is 6.67. The molecule has 0 aliphatic heterocycles. The van der Waals surface area contributed by atoms with Crippen LogP contribution in [0.3, 0.4) is 0 Å². The van der Waals surface area contributed by atoms with Gasteiger partial charge in [-0.25, -0.2) is 9.67 Å². The Bertz CT molecular complexity index is 588. The van der Waals surface area contributed by atoms with Crippen molar-refractivity contribution in [3.8, 4) is 5.69 Å². The first-order valence-corrected chi connectivity index (χ1v) is 6.47. The molecule has 1 aromatic heterocycles. The standard InChI is InChI=1S/C15H17N3O.ClH/c1-2-3-9-15(19)17-13-10-11-18(16-12-13)14-7-5-4-6-8-14;/h4-8,10-12H,2-3,9H2,1H3;1H/b17-13+;. The van der Waals surface area contributed by atoms with Crippen molar-refractivity contribution in [3.05, 3.63) is 54.1 Å². The van der Waals surface area contributed by atoms with Gasteiger partial charge in [0.2, 0.25) is 5.91 Å². The van der Waals surface area contributed by atoms with E-state index in [1.54, 1.807) is 23.1 Å². The van der Waals surface area contributed by atoms with Crippen molar-refractivity contribution < 1.29 is 4.79 Å². The quantitative estimate of drug-likeness (QED) is 0.869. The van der Waals surface area contributed by atoms with Gasteiger partial charge in [0.05, 0.1) is 17.2 Å². The molecule has 0 spiro atoms. The van der Waals surface area contributed by atoms with Gasteiger partial charge in [0.15, 0.2) is 0 Å². The van der Waals surface area contributed by atoms with Gasteiger partial charge < -0.3 is 0 Å². The molecular weight excluding hydrogens is 274 g/mol. The number of aromatic nitrogens is 2. The summed E-state index contributed by atoms with van der Waals surface area (Å²) in [6, 6.07) is 11.6. The van der Waals surface area contributed by atoms with E-state index in [2.05, 4.69) is 17.0 Å². The van der Waals surface area contributed by atoms with Crippen LogP contribution in [0.2, 0.25) is 0 Å². The van der Waals surface area contributed by atoms with E-state index in [0.717, 1.165) is 18.5 Å². The zero-order valence-electron chi connectivity index (χ0n) is 11.4. The van der Waals surface area contributed by atoms with E-state index in [4.69, 9.17) is 0 Å². The number of amides is 1. The minimum atomic E-state index is -0.0823. The minimum absolute atomic E-state index is 0. The maximum absolute atomic E-state index is 11.5. The van der Waals surface area contributed by atoms with E-state index in [-0.39, 0.29) is 18.3 Å². The van der Waals surface area contributed by atoms with Gasteiger partial charge in [-0.2, -0.15) is 5.10 Å². The van der Waals surface area contributed by atoms with Crippen LogP contribution in [0.1, 0.15) is 26.2 Å². The van der Waals surface area contributed by atoms with Crippen LogP contribution in [0, 0.1) is 0 Å². The largest absolute Gasteiger partial charge is 0.273 e. The lowest BCUT2D eigenvalue weighted by Crippen LogP contribution is -2.11. The summed E-state index contributed by atoms with van der Waals surface area (Å²) in [5.41, 5.74) is 0.978. The van der Waals surface area contributed by atoms with E-state index in [9.17, 15) is 4.79 Å². The molecule has 0 aliphatic rings. The second-order valence-electron chi connectivity index (χ2n) is 4.27. The van der Waals surface area contributed by atoms with E-state index in [1.165, 1.54) is 0 Å². The van der Waals surface area contributed by atoms with Crippen LogP contribution >= 0.6 is 12.4 Å². The summed E-state index contributed by atoms with van der Waals surface area (Å²) in [4.78, 5) is 15.5. The lowest BCUT2D eigenvalue weighted by Gasteiger charge is -2.03. The molecule has 1 heterocycles. The Hall–Kier alpha value is -1.94. The van der Waals surface area contributed by atoms with Gasteiger partial charge >= 0.3 is 0 Å². The van der Waals surface area contributed by atoms with E-state index >= 15 is 0 Å². The van der Waals surface area contributed by atoms with Gasteiger partial charge in [-0.1, -0.05) is 31.5 Å². The number of benzene rings is 1. The fourth-order valence-electron chi connectivity index (χ4n) is 1.68. The van der Waals surface area contributed by atoms with E-state index < -0.39 is 0 Å². The van der Waals surface area contributed by atoms with Crippen LogP contribution in [-0.4, -0.2) is 15.7 Å². The molecule has 5 heteroatoms. The molecule has 2 rings (SSSR count). The van der Waals surface area contributed by atoms with Gasteiger partial charge in [-0.05, 0) is 24.6 Å². The number of hydrogen-bond donors (Lipinski definition) is 0. The number of carbonyl (C=O) groups is 1. The molecule has 106 valence electrons. The monoisotopic (exact) mass is 291 g/mol. The fourth-order valence-corrected chi connectivity index (χ4v) is 1.68. The number of para-hydroxylation sites is 1. The highest BCUT2D eigenvalue weighted by molar-refractivity contribution is 5.85. The molecule has 0 saturated carbocycles. The minimum Gasteiger partial charge on any atom is -0.273 e. The van der Waals surface area contributed by atoms with Crippen molar-refractivity contribution in [2.45, 2.75) is 26.2 Å². The molecule has 0 N–H and O–H groups in total. The average molecular weight is 292 g/mol. The maximum atomic E-state index is 11.5. The van der Waals surface area contributed by atoms with Crippen LogP contribution in [-0.2, 0) is 4.79 Å². The highest BCUT2D eigenvalue weighted by Crippen LogP contribution is 2.02. The summed E-state index contributed by atoms with van der Waals surface area (Å²) in [5.74, 6) is -0.0823. The van der Waals surface area contributed by atoms with Crippen molar-refractivity contribution >= 4 is 18.3 Å². The second kappa shape index (κ2) is 8.27. The number of nitrogens with zero attached hydrogens (tertiary/aromatic N) is 3. The molecule has 0 atom stereocenters. The molecule has 0 aliphatic carbocycles. The fraction of sp³-hybridized carbons (Fsp3) is 0.267. The lowest BCUT2D eigenvalue weighted by molar-refractivity contribution is -0.118. The molecule has 1 amide bonds.